The monoisotopic (exact) mass is 370 g/mol. The minimum atomic E-state index is -0.395. The quantitative estimate of drug-likeness (QED) is 0.564. The smallest absolute Gasteiger partial charge is 0.262 e. The normalized spacial score (nSPS) is 16.9. The number of fused-ring (bicyclic) bond motifs is 3. The molecule has 0 radical (unpaired) electrons. The first-order valence-electron chi connectivity index (χ1n) is 8.47. The van der Waals surface area contributed by atoms with E-state index < -0.39 is 5.91 Å². The van der Waals surface area contributed by atoms with E-state index in [0.717, 1.165) is 29.7 Å². The molecule has 1 N–H and O–H groups in total. The second-order valence-electron chi connectivity index (χ2n) is 6.52. The van der Waals surface area contributed by atoms with E-state index in [0.29, 0.717) is 17.1 Å². The number of furan rings is 1. The minimum Gasteiger partial charge on any atom is -0.463 e. The lowest BCUT2D eigenvalue weighted by molar-refractivity contribution is -0.121. The molecular formula is C18H18N4O3S. The lowest BCUT2D eigenvalue weighted by atomic mass is 9.89. The van der Waals surface area contributed by atoms with Gasteiger partial charge in [0.25, 0.3) is 11.5 Å². The van der Waals surface area contributed by atoms with Crippen LogP contribution in [0.1, 0.15) is 29.5 Å². The molecule has 3 aromatic rings. The standard InChI is InChI=1S/C18H18N4O3S/c1-11-4-5-13-14(7-11)26-17-16(13)18(24)22(10-19-17)9-15(23)21-20-8-12-3-2-6-25-12/h2-3,6,8,10-11H,4-5,7,9H2,1H3,(H,21,23)/b20-8-. The Morgan fingerprint density at radius 1 is 1.58 bits per heavy atom. The topological polar surface area (TPSA) is 89.5 Å². The van der Waals surface area contributed by atoms with Crippen LogP contribution in [-0.2, 0) is 24.2 Å². The molecule has 1 amide bonds. The maximum atomic E-state index is 12.8. The van der Waals surface area contributed by atoms with E-state index in [-0.39, 0.29) is 12.1 Å². The Hall–Kier alpha value is -2.74. The first-order chi connectivity index (χ1) is 12.6. The summed E-state index contributed by atoms with van der Waals surface area (Å²) < 4.78 is 6.43. The molecule has 3 aromatic heterocycles. The summed E-state index contributed by atoms with van der Waals surface area (Å²) in [5, 5.41) is 4.49. The van der Waals surface area contributed by atoms with Crippen molar-refractivity contribution < 1.29 is 9.21 Å². The predicted octanol–water partition coefficient (Wildman–Crippen LogP) is 2.33. The molecule has 0 fully saturated rings. The predicted molar refractivity (Wildman–Crippen MR) is 99.5 cm³/mol. The van der Waals surface area contributed by atoms with Gasteiger partial charge >= 0.3 is 0 Å². The first kappa shape index (κ1) is 16.7. The van der Waals surface area contributed by atoms with Gasteiger partial charge in [-0.25, -0.2) is 10.4 Å². The fourth-order valence-corrected chi connectivity index (χ4v) is 4.54. The minimum absolute atomic E-state index is 0.127. The van der Waals surface area contributed by atoms with Crippen LogP contribution in [0.25, 0.3) is 10.2 Å². The van der Waals surface area contributed by atoms with Crippen LogP contribution in [0.4, 0.5) is 0 Å². The van der Waals surface area contributed by atoms with E-state index in [4.69, 9.17) is 4.42 Å². The van der Waals surface area contributed by atoms with E-state index in [1.807, 2.05) is 0 Å². The van der Waals surface area contributed by atoms with Crippen molar-refractivity contribution in [2.24, 2.45) is 11.0 Å². The highest BCUT2D eigenvalue weighted by Crippen LogP contribution is 2.35. The molecule has 7 nitrogen and oxygen atoms in total. The van der Waals surface area contributed by atoms with Gasteiger partial charge in [-0.1, -0.05) is 6.92 Å². The van der Waals surface area contributed by atoms with Crippen LogP contribution in [0.2, 0.25) is 0 Å². The van der Waals surface area contributed by atoms with Gasteiger partial charge in [-0.15, -0.1) is 11.3 Å². The third kappa shape index (κ3) is 3.20. The Kier molecular flexibility index (Phi) is 4.42. The molecule has 0 saturated carbocycles. The summed E-state index contributed by atoms with van der Waals surface area (Å²) >= 11 is 1.60. The lowest BCUT2D eigenvalue weighted by Crippen LogP contribution is -2.30. The van der Waals surface area contributed by atoms with Crippen LogP contribution in [0.15, 0.2) is 39.0 Å². The van der Waals surface area contributed by atoms with Gasteiger partial charge < -0.3 is 4.42 Å². The number of carbonyl (C=O) groups excluding carboxylic acids is 1. The summed E-state index contributed by atoms with van der Waals surface area (Å²) in [7, 11) is 0. The molecule has 3 heterocycles. The van der Waals surface area contributed by atoms with Crippen molar-refractivity contribution >= 4 is 33.7 Å². The van der Waals surface area contributed by atoms with Gasteiger partial charge in [-0.2, -0.15) is 5.10 Å². The number of nitrogens with one attached hydrogen (secondary N) is 1. The fraction of sp³-hybridized carbons (Fsp3) is 0.333. The molecule has 8 heteroatoms. The van der Waals surface area contributed by atoms with Crippen molar-refractivity contribution in [2.75, 3.05) is 0 Å². The molecule has 1 aliphatic rings. The van der Waals surface area contributed by atoms with Crippen LogP contribution >= 0.6 is 11.3 Å². The summed E-state index contributed by atoms with van der Waals surface area (Å²) in [5.41, 5.74) is 3.35. The molecule has 0 bridgehead atoms. The van der Waals surface area contributed by atoms with Gasteiger partial charge in [0.05, 0.1) is 24.2 Å². The molecule has 0 aromatic carbocycles. The Balaban J connectivity index is 1.54. The molecule has 0 saturated heterocycles. The van der Waals surface area contributed by atoms with Gasteiger partial charge in [-0.05, 0) is 42.9 Å². The van der Waals surface area contributed by atoms with Crippen molar-refractivity contribution in [3.05, 3.63) is 51.3 Å². The summed E-state index contributed by atoms with van der Waals surface area (Å²) in [6, 6.07) is 3.45. The molecule has 134 valence electrons. The highest BCUT2D eigenvalue weighted by molar-refractivity contribution is 7.18. The highest BCUT2D eigenvalue weighted by atomic mass is 32.1. The van der Waals surface area contributed by atoms with E-state index in [2.05, 4.69) is 22.4 Å². The Morgan fingerprint density at radius 3 is 3.27 bits per heavy atom. The molecule has 26 heavy (non-hydrogen) atoms. The van der Waals surface area contributed by atoms with Gasteiger partial charge in [0.15, 0.2) is 0 Å². The molecule has 1 aliphatic carbocycles. The van der Waals surface area contributed by atoms with E-state index in [1.165, 1.54) is 28.2 Å². The lowest BCUT2D eigenvalue weighted by Gasteiger charge is -2.17. The molecule has 0 spiro atoms. The number of thiophene rings is 1. The van der Waals surface area contributed by atoms with Crippen molar-refractivity contribution in [2.45, 2.75) is 32.7 Å². The zero-order valence-electron chi connectivity index (χ0n) is 14.3. The number of aryl methyl sites for hydroxylation is 1. The molecule has 1 unspecified atom stereocenters. The average molecular weight is 370 g/mol. The third-order valence-electron chi connectivity index (χ3n) is 4.52. The van der Waals surface area contributed by atoms with Crippen molar-refractivity contribution in [1.82, 2.24) is 15.0 Å². The number of amides is 1. The second-order valence-corrected chi connectivity index (χ2v) is 7.60. The van der Waals surface area contributed by atoms with Crippen LogP contribution < -0.4 is 11.0 Å². The van der Waals surface area contributed by atoms with Crippen LogP contribution in [0, 0.1) is 5.92 Å². The summed E-state index contributed by atoms with van der Waals surface area (Å²) in [5.74, 6) is 0.772. The van der Waals surface area contributed by atoms with E-state index in [1.54, 1.807) is 23.5 Å². The number of hydrazone groups is 1. The SMILES string of the molecule is CC1CCc2c(sc3ncn(CC(=O)N/N=C\c4ccco4)c(=O)c23)C1. The molecular weight excluding hydrogens is 352 g/mol. The maximum absolute atomic E-state index is 12.8. The van der Waals surface area contributed by atoms with Gasteiger partial charge in [-0.3, -0.25) is 14.2 Å². The maximum Gasteiger partial charge on any atom is 0.262 e. The Labute approximate surface area is 153 Å². The molecule has 0 aliphatic heterocycles. The summed E-state index contributed by atoms with van der Waals surface area (Å²) in [6.07, 6.45) is 7.33. The van der Waals surface area contributed by atoms with Crippen LogP contribution in [0.3, 0.4) is 0 Å². The zero-order valence-corrected chi connectivity index (χ0v) is 15.1. The largest absolute Gasteiger partial charge is 0.463 e. The number of hydrogen-bond acceptors (Lipinski definition) is 6. The highest BCUT2D eigenvalue weighted by Gasteiger charge is 2.23. The average Bonchev–Trinajstić information content (AvgIpc) is 3.24. The van der Waals surface area contributed by atoms with E-state index >= 15 is 0 Å². The van der Waals surface area contributed by atoms with Crippen LogP contribution in [0.5, 0.6) is 0 Å². The van der Waals surface area contributed by atoms with E-state index in [9.17, 15) is 9.59 Å². The molecule has 1 atom stereocenters. The fourth-order valence-electron chi connectivity index (χ4n) is 3.20. The Bertz CT molecular complexity index is 1030. The number of carbonyl (C=O) groups is 1. The van der Waals surface area contributed by atoms with Gasteiger partial charge in [0, 0.05) is 4.88 Å². The number of aromatic nitrogens is 2. The number of rotatable bonds is 4. The zero-order chi connectivity index (χ0) is 18.1. The van der Waals surface area contributed by atoms with Crippen molar-refractivity contribution in [1.29, 1.82) is 0 Å². The van der Waals surface area contributed by atoms with Gasteiger partial charge in [0.2, 0.25) is 0 Å². The first-order valence-corrected chi connectivity index (χ1v) is 9.28. The number of nitrogens with zero attached hydrogens (tertiary/aromatic N) is 3. The summed E-state index contributed by atoms with van der Waals surface area (Å²) in [4.78, 5) is 31.3. The second kappa shape index (κ2) is 6.87. The summed E-state index contributed by atoms with van der Waals surface area (Å²) in [6.45, 7) is 2.10. The van der Waals surface area contributed by atoms with Crippen molar-refractivity contribution in [3.63, 3.8) is 0 Å². The Morgan fingerprint density at radius 2 is 2.46 bits per heavy atom. The van der Waals surface area contributed by atoms with Crippen LogP contribution in [-0.4, -0.2) is 21.7 Å². The number of hydrogen-bond donors (Lipinski definition) is 1. The molecule has 4 rings (SSSR count). The van der Waals surface area contributed by atoms with Crippen molar-refractivity contribution in [3.8, 4) is 0 Å². The van der Waals surface area contributed by atoms with Gasteiger partial charge in [0.1, 0.15) is 17.1 Å². The third-order valence-corrected chi connectivity index (χ3v) is 5.68.